The first-order chi connectivity index (χ1) is 10.4. The van der Waals surface area contributed by atoms with E-state index in [-0.39, 0.29) is 0 Å². The average Bonchev–Trinajstić information content (AvgIpc) is 3.37. The van der Waals surface area contributed by atoms with Crippen molar-refractivity contribution in [2.75, 3.05) is 31.1 Å². The zero-order valence-corrected chi connectivity index (χ0v) is 12.9. The predicted molar refractivity (Wildman–Crippen MR) is 83.8 cm³/mol. The number of rotatable bonds is 7. The zero-order chi connectivity index (χ0) is 14.5. The third-order valence-electron chi connectivity index (χ3n) is 4.25. The third kappa shape index (κ3) is 4.06. The van der Waals surface area contributed by atoms with Gasteiger partial charge in [0, 0.05) is 12.6 Å². The van der Waals surface area contributed by atoms with Gasteiger partial charge in [-0.25, -0.2) is 0 Å². The van der Waals surface area contributed by atoms with E-state index in [9.17, 15) is 0 Å². The van der Waals surface area contributed by atoms with Gasteiger partial charge < -0.3 is 15.0 Å². The summed E-state index contributed by atoms with van der Waals surface area (Å²) in [6.45, 7) is 6.21. The van der Waals surface area contributed by atoms with Gasteiger partial charge >= 0.3 is 0 Å². The SMILES string of the molecule is CCCOc1cncc(N(CC2CCNCC2)C2CC2)n1. The van der Waals surface area contributed by atoms with Gasteiger partial charge in [-0.3, -0.25) is 4.98 Å². The molecule has 5 nitrogen and oxygen atoms in total. The molecule has 2 fully saturated rings. The van der Waals surface area contributed by atoms with Crippen LogP contribution in [0.3, 0.4) is 0 Å². The summed E-state index contributed by atoms with van der Waals surface area (Å²) >= 11 is 0. The maximum Gasteiger partial charge on any atom is 0.234 e. The van der Waals surface area contributed by atoms with Crippen molar-refractivity contribution in [3.63, 3.8) is 0 Å². The highest BCUT2D eigenvalue weighted by atomic mass is 16.5. The Hall–Kier alpha value is -1.36. The first kappa shape index (κ1) is 14.6. The highest BCUT2D eigenvalue weighted by molar-refractivity contribution is 5.41. The van der Waals surface area contributed by atoms with Gasteiger partial charge in [-0.2, -0.15) is 4.98 Å². The van der Waals surface area contributed by atoms with Gasteiger partial charge in [0.05, 0.1) is 19.0 Å². The number of hydrogen-bond acceptors (Lipinski definition) is 5. The molecular formula is C16H26N4O. The van der Waals surface area contributed by atoms with E-state index in [1.54, 1.807) is 6.20 Å². The molecule has 1 aliphatic carbocycles. The van der Waals surface area contributed by atoms with E-state index >= 15 is 0 Å². The van der Waals surface area contributed by atoms with Gasteiger partial charge in [-0.15, -0.1) is 0 Å². The minimum absolute atomic E-state index is 0.658. The molecule has 21 heavy (non-hydrogen) atoms. The van der Waals surface area contributed by atoms with Crippen molar-refractivity contribution < 1.29 is 4.74 Å². The molecule has 2 aliphatic rings. The Balaban J connectivity index is 1.67. The van der Waals surface area contributed by atoms with Crippen molar-refractivity contribution >= 4 is 5.82 Å². The maximum atomic E-state index is 5.63. The quantitative estimate of drug-likeness (QED) is 0.834. The number of nitrogens with one attached hydrogen (secondary N) is 1. The summed E-state index contributed by atoms with van der Waals surface area (Å²) in [4.78, 5) is 11.4. The van der Waals surface area contributed by atoms with E-state index in [1.165, 1.54) is 25.7 Å². The van der Waals surface area contributed by atoms with Crippen molar-refractivity contribution in [1.82, 2.24) is 15.3 Å². The summed E-state index contributed by atoms with van der Waals surface area (Å²) in [6, 6.07) is 0.663. The number of aromatic nitrogens is 2. The van der Waals surface area contributed by atoms with Crippen molar-refractivity contribution in [3.05, 3.63) is 12.4 Å². The third-order valence-corrected chi connectivity index (χ3v) is 4.25. The van der Waals surface area contributed by atoms with Gasteiger partial charge in [0.2, 0.25) is 5.88 Å². The molecule has 0 unspecified atom stereocenters. The van der Waals surface area contributed by atoms with E-state index in [1.807, 2.05) is 6.20 Å². The smallest absolute Gasteiger partial charge is 0.234 e. The minimum atomic E-state index is 0.658. The lowest BCUT2D eigenvalue weighted by atomic mass is 9.97. The van der Waals surface area contributed by atoms with Crippen LogP contribution >= 0.6 is 0 Å². The largest absolute Gasteiger partial charge is 0.477 e. The fourth-order valence-electron chi connectivity index (χ4n) is 2.91. The van der Waals surface area contributed by atoms with Gasteiger partial charge in [0.1, 0.15) is 0 Å². The fraction of sp³-hybridized carbons (Fsp3) is 0.750. The Morgan fingerprint density at radius 3 is 2.76 bits per heavy atom. The van der Waals surface area contributed by atoms with Crippen molar-refractivity contribution in [3.8, 4) is 5.88 Å². The summed E-state index contributed by atoms with van der Waals surface area (Å²) in [5.41, 5.74) is 0. The Labute approximate surface area is 127 Å². The predicted octanol–water partition coefficient (Wildman–Crippen LogP) is 2.23. The maximum absolute atomic E-state index is 5.63. The van der Waals surface area contributed by atoms with Crippen LogP contribution in [-0.2, 0) is 0 Å². The lowest BCUT2D eigenvalue weighted by molar-refractivity contribution is 0.303. The molecule has 3 rings (SSSR count). The second kappa shape index (κ2) is 7.07. The van der Waals surface area contributed by atoms with Crippen LogP contribution in [0.25, 0.3) is 0 Å². The highest BCUT2D eigenvalue weighted by Crippen LogP contribution is 2.32. The van der Waals surface area contributed by atoms with Crippen molar-refractivity contribution in [2.24, 2.45) is 5.92 Å². The van der Waals surface area contributed by atoms with Crippen LogP contribution in [-0.4, -0.2) is 42.3 Å². The van der Waals surface area contributed by atoms with E-state index < -0.39 is 0 Å². The molecule has 1 N–H and O–H groups in total. The average molecular weight is 290 g/mol. The number of nitrogens with zero attached hydrogens (tertiary/aromatic N) is 3. The summed E-state index contributed by atoms with van der Waals surface area (Å²) < 4.78 is 5.63. The van der Waals surface area contributed by atoms with Crippen LogP contribution in [0.1, 0.15) is 39.0 Å². The fourth-order valence-corrected chi connectivity index (χ4v) is 2.91. The minimum Gasteiger partial charge on any atom is -0.477 e. The summed E-state index contributed by atoms with van der Waals surface area (Å²) in [5.74, 6) is 2.42. The van der Waals surface area contributed by atoms with E-state index in [0.29, 0.717) is 18.5 Å². The van der Waals surface area contributed by atoms with Crippen LogP contribution in [0.15, 0.2) is 12.4 Å². The van der Waals surface area contributed by atoms with E-state index in [0.717, 1.165) is 37.8 Å². The molecule has 1 saturated heterocycles. The van der Waals surface area contributed by atoms with Gasteiger partial charge in [0.15, 0.2) is 5.82 Å². The number of anilines is 1. The van der Waals surface area contributed by atoms with Crippen LogP contribution in [0, 0.1) is 5.92 Å². The summed E-state index contributed by atoms with van der Waals surface area (Å²) in [6.07, 6.45) is 9.70. The normalized spacial score (nSPS) is 19.5. The Morgan fingerprint density at radius 1 is 1.24 bits per heavy atom. The monoisotopic (exact) mass is 290 g/mol. The highest BCUT2D eigenvalue weighted by Gasteiger charge is 2.32. The Kier molecular flexibility index (Phi) is 4.91. The molecule has 1 saturated carbocycles. The van der Waals surface area contributed by atoms with Crippen LogP contribution in [0.5, 0.6) is 5.88 Å². The zero-order valence-electron chi connectivity index (χ0n) is 12.9. The first-order valence-electron chi connectivity index (χ1n) is 8.29. The van der Waals surface area contributed by atoms with Gasteiger partial charge in [0.25, 0.3) is 0 Å². The molecule has 1 aromatic heterocycles. The van der Waals surface area contributed by atoms with Gasteiger partial charge in [-0.1, -0.05) is 6.92 Å². The first-order valence-corrected chi connectivity index (χ1v) is 8.29. The molecule has 1 aliphatic heterocycles. The van der Waals surface area contributed by atoms with Gasteiger partial charge in [-0.05, 0) is 51.1 Å². The molecule has 116 valence electrons. The molecule has 0 spiro atoms. The second-order valence-corrected chi connectivity index (χ2v) is 6.14. The topological polar surface area (TPSA) is 50.3 Å². The number of piperidine rings is 1. The molecule has 5 heteroatoms. The molecule has 2 heterocycles. The Morgan fingerprint density at radius 2 is 2.05 bits per heavy atom. The second-order valence-electron chi connectivity index (χ2n) is 6.14. The Bertz CT molecular complexity index is 444. The number of hydrogen-bond donors (Lipinski definition) is 1. The summed E-state index contributed by atoms with van der Waals surface area (Å²) in [5, 5.41) is 3.44. The van der Waals surface area contributed by atoms with Crippen molar-refractivity contribution in [1.29, 1.82) is 0 Å². The van der Waals surface area contributed by atoms with E-state index in [2.05, 4.69) is 27.1 Å². The molecule has 0 amide bonds. The molecule has 1 aromatic rings. The molecule has 0 atom stereocenters. The van der Waals surface area contributed by atoms with Crippen LogP contribution < -0.4 is 15.0 Å². The standard InChI is InChI=1S/C16H26N4O/c1-2-9-21-16-11-18-10-15(19-16)20(14-3-4-14)12-13-5-7-17-8-6-13/h10-11,13-14,17H,2-9,12H2,1H3. The molecule has 0 aromatic carbocycles. The molecule has 0 bridgehead atoms. The lowest BCUT2D eigenvalue weighted by Crippen LogP contribution is -2.37. The molecular weight excluding hydrogens is 264 g/mol. The van der Waals surface area contributed by atoms with Crippen LogP contribution in [0.4, 0.5) is 5.82 Å². The molecule has 0 radical (unpaired) electrons. The number of ether oxygens (including phenoxy) is 1. The summed E-state index contributed by atoms with van der Waals surface area (Å²) in [7, 11) is 0. The van der Waals surface area contributed by atoms with Crippen LogP contribution in [0.2, 0.25) is 0 Å². The van der Waals surface area contributed by atoms with E-state index in [4.69, 9.17) is 4.74 Å². The van der Waals surface area contributed by atoms with Crippen molar-refractivity contribution in [2.45, 2.75) is 45.1 Å². The lowest BCUT2D eigenvalue weighted by Gasteiger charge is -2.31.